The topological polar surface area (TPSA) is 0 Å². The summed E-state index contributed by atoms with van der Waals surface area (Å²) in [7, 11) is 0. The summed E-state index contributed by atoms with van der Waals surface area (Å²) >= 11 is 7.86. The summed E-state index contributed by atoms with van der Waals surface area (Å²) in [5, 5.41) is 0. The van der Waals surface area contributed by atoms with Crippen LogP contribution in [0, 0.1) is 0 Å². The van der Waals surface area contributed by atoms with Gasteiger partial charge in [0.2, 0.25) is 0 Å². The van der Waals surface area contributed by atoms with Gasteiger partial charge in [-0.15, -0.1) is 0 Å². The Morgan fingerprint density at radius 2 is 0.409 bits per heavy atom. The number of halogens is 1. The van der Waals surface area contributed by atoms with Gasteiger partial charge in [0.15, 0.2) is 0 Å². The van der Waals surface area contributed by atoms with Crippen LogP contribution in [0.25, 0.3) is 0 Å². The second-order valence-corrected chi connectivity index (χ2v) is 23.6. The molecule has 0 saturated heterocycles. The van der Waals surface area contributed by atoms with Crippen molar-refractivity contribution >= 4 is 17.2 Å². The Kier molecular flexibility index (Phi) is 34.2. The predicted octanol–water partition coefficient (Wildman–Crippen LogP) is 17.0. The summed E-state index contributed by atoms with van der Waals surface area (Å²) < 4.78 is 0. The molecule has 268 valence electrons. The van der Waals surface area contributed by atoms with E-state index in [1.165, 1.54) is 243 Å². The quantitative estimate of drug-likeness (QED) is 0.0457. The van der Waals surface area contributed by atoms with Crippen LogP contribution < -0.4 is 0 Å². The zero-order valence-electron chi connectivity index (χ0n) is 31.7. The van der Waals surface area contributed by atoms with Crippen molar-refractivity contribution in [2.45, 2.75) is 246 Å². The maximum atomic E-state index is 7.86. The van der Waals surface area contributed by atoms with Crippen LogP contribution in [0.4, 0.5) is 0 Å². The van der Waals surface area contributed by atoms with E-state index in [9.17, 15) is 0 Å². The second kappa shape index (κ2) is 33.6. The minimum Gasteiger partial charge on any atom is -0.0654 e. The van der Waals surface area contributed by atoms with Gasteiger partial charge >= 0.3 is 210 Å². The fourth-order valence-corrected chi connectivity index (χ4v) is 15.2. The van der Waals surface area contributed by atoms with Crippen molar-refractivity contribution < 1.29 is 0 Å². The van der Waals surface area contributed by atoms with Crippen LogP contribution in [-0.2, 0) is 0 Å². The molecule has 0 nitrogen and oxygen atoms in total. The molecule has 0 aliphatic rings. The van der Waals surface area contributed by atoms with Gasteiger partial charge in [0, 0.05) is 0 Å². The molecule has 0 aliphatic carbocycles. The molecule has 0 amide bonds. The summed E-state index contributed by atoms with van der Waals surface area (Å²) in [6.07, 6.45) is 54.5. The van der Waals surface area contributed by atoms with E-state index in [0.717, 1.165) is 0 Å². The average molecular weight is 660 g/mol. The van der Waals surface area contributed by atoms with Gasteiger partial charge in [-0.3, -0.25) is 0 Å². The van der Waals surface area contributed by atoms with Gasteiger partial charge in [0.25, 0.3) is 0 Å². The number of rotatable bonds is 38. The standard InChI is InChI=1S/C42H88ClP/c1-5-9-11-13-15-17-19-21-23-25-27-29-31-33-35-37-41-44(43,39-7-3,40-8-4)42-38-36-34-32-30-28-26-24-22-20-18-16-14-12-10-6-2/h5-42H2,1-4H3. The molecule has 0 unspecified atom stereocenters. The Morgan fingerprint density at radius 1 is 0.227 bits per heavy atom. The van der Waals surface area contributed by atoms with Gasteiger partial charge in [0.05, 0.1) is 0 Å². The molecule has 0 bridgehead atoms. The summed E-state index contributed by atoms with van der Waals surface area (Å²) in [6, 6.07) is 0. The van der Waals surface area contributed by atoms with E-state index in [1.807, 2.05) is 0 Å². The van der Waals surface area contributed by atoms with E-state index in [0.29, 0.717) is 0 Å². The van der Waals surface area contributed by atoms with Gasteiger partial charge in [-0.05, 0) is 0 Å². The molecule has 0 aromatic heterocycles. The molecule has 0 radical (unpaired) electrons. The molecule has 0 saturated carbocycles. The van der Waals surface area contributed by atoms with Crippen LogP contribution >= 0.6 is 17.2 Å². The minimum absolute atomic E-state index is 1.29. The van der Waals surface area contributed by atoms with Crippen molar-refractivity contribution in [3.8, 4) is 0 Å². The molecular weight excluding hydrogens is 571 g/mol. The maximum absolute atomic E-state index is 7.86. The Labute approximate surface area is 286 Å². The van der Waals surface area contributed by atoms with E-state index < -0.39 is 5.96 Å². The Bertz CT molecular complexity index is 500. The van der Waals surface area contributed by atoms with Crippen molar-refractivity contribution in [2.24, 2.45) is 0 Å². The molecule has 2 heteroatoms. The molecule has 0 heterocycles. The van der Waals surface area contributed by atoms with Crippen LogP contribution in [0.2, 0.25) is 0 Å². The van der Waals surface area contributed by atoms with Crippen LogP contribution in [-0.4, -0.2) is 24.6 Å². The zero-order valence-corrected chi connectivity index (χ0v) is 33.3. The van der Waals surface area contributed by atoms with Gasteiger partial charge in [-0.1, -0.05) is 78.1 Å². The van der Waals surface area contributed by atoms with Crippen LogP contribution in [0.15, 0.2) is 0 Å². The summed E-state index contributed by atoms with van der Waals surface area (Å²) in [4.78, 5) is 0. The van der Waals surface area contributed by atoms with Crippen LogP contribution in [0.1, 0.15) is 246 Å². The van der Waals surface area contributed by atoms with Crippen LogP contribution in [0.3, 0.4) is 0 Å². The molecule has 0 fully saturated rings. The summed E-state index contributed by atoms with van der Waals surface area (Å²) in [5.41, 5.74) is 0. The van der Waals surface area contributed by atoms with E-state index in [1.54, 1.807) is 0 Å². The Hall–Kier alpha value is 0.720. The normalized spacial score (nSPS) is 13.0. The van der Waals surface area contributed by atoms with E-state index in [-0.39, 0.29) is 0 Å². The predicted molar refractivity (Wildman–Crippen MR) is 212 cm³/mol. The Balaban J connectivity index is 3.87. The molecule has 0 N–H and O–H groups in total. The number of hydrogen-bond acceptors (Lipinski definition) is 0. The van der Waals surface area contributed by atoms with E-state index >= 15 is 0 Å². The van der Waals surface area contributed by atoms with Crippen LogP contribution in [0.5, 0.6) is 0 Å². The van der Waals surface area contributed by atoms with Crippen molar-refractivity contribution in [2.75, 3.05) is 24.6 Å². The number of unbranched alkanes of at least 4 members (excludes halogenated alkanes) is 30. The monoisotopic (exact) mass is 659 g/mol. The average Bonchev–Trinajstić information content (AvgIpc) is 3.01. The Morgan fingerprint density at radius 3 is 0.591 bits per heavy atom. The minimum atomic E-state index is -2.03. The van der Waals surface area contributed by atoms with Crippen molar-refractivity contribution in [1.29, 1.82) is 0 Å². The second-order valence-electron chi connectivity index (χ2n) is 15.3. The summed E-state index contributed by atoms with van der Waals surface area (Å²) in [6.45, 7) is 9.40. The SMILES string of the molecule is CCCCCCCCCCCCCCCCCCP(Cl)(CCC)(CCC)CCCCCCCCCCCCCCCCCC. The van der Waals surface area contributed by atoms with Gasteiger partial charge in [-0.2, -0.15) is 0 Å². The van der Waals surface area contributed by atoms with Gasteiger partial charge < -0.3 is 0 Å². The fourth-order valence-electron chi connectivity index (χ4n) is 7.90. The molecule has 0 aliphatic heterocycles. The van der Waals surface area contributed by atoms with Crippen molar-refractivity contribution in [3.05, 3.63) is 0 Å². The molecule has 0 atom stereocenters. The number of hydrogen-bond donors (Lipinski definition) is 0. The third-order valence-electron chi connectivity index (χ3n) is 10.7. The summed E-state index contributed by atoms with van der Waals surface area (Å²) in [5.74, 6) is -2.03. The van der Waals surface area contributed by atoms with Crippen molar-refractivity contribution in [3.63, 3.8) is 0 Å². The third kappa shape index (κ3) is 28.9. The molecule has 0 aromatic rings. The first-order chi connectivity index (χ1) is 21.5. The molecular formula is C42H88ClP. The molecule has 0 rings (SSSR count). The third-order valence-corrected chi connectivity index (χ3v) is 18.7. The molecule has 0 aromatic carbocycles. The van der Waals surface area contributed by atoms with Gasteiger partial charge in [-0.25, -0.2) is 0 Å². The van der Waals surface area contributed by atoms with E-state index in [2.05, 4.69) is 27.7 Å². The zero-order chi connectivity index (χ0) is 32.3. The first-order valence-corrected chi connectivity index (χ1v) is 25.1. The van der Waals surface area contributed by atoms with Crippen molar-refractivity contribution in [1.82, 2.24) is 0 Å². The fraction of sp³-hybridized carbons (Fsp3) is 1.00. The first kappa shape index (κ1) is 44.7. The van der Waals surface area contributed by atoms with Gasteiger partial charge in [0.1, 0.15) is 0 Å². The smallest absolute Gasteiger partial charge is 0.0654 e. The van der Waals surface area contributed by atoms with E-state index in [4.69, 9.17) is 11.2 Å². The molecule has 0 spiro atoms. The first-order valence-electron chi connectivity index (χ1n) is 21.3. The molecule has 44 heavy (non-hydrogen) atoms.